The first-order valence-electron chi connectivity index (χ1n) is 10.3. The number of benzene rings is 1. The Morgan fingerprint density at radius 1 is 1.03 bits per heavy atom. The van der Waals surface area contributed by atoms with Gasteiger partial charge in [0.05, 0.1) is 31.8 Å². The highest BCUT2D eigenvalue weighted by Gasteiger charge is 2.15. The number of rotatable bonds is 7. The van der Waals surface area contributed by atoms with Crippen LogP contribution >= 0.6 is 0 Å². The Bertz CT molecular complexity index is 1330. The summed E-state index contributed by atoms with van der Waals surface area (Å²) >= 11 is 0. The van der Waals surface area contributed by atoms with Crippen molar-refractivity contribution in [3.8, 4) is 22.8 Å². The molecule has 4 rings (SSSR count). The largest absolute Gasteiger partial charge is 0.493 e. The second-order valence-electron chi connectivity index (χ2n) is 7.34. The molecule has 1 aromatic carbocycles. The van der Waals surface area contributed by atoms with Crippen LogP contribution in [0.2, 0.25) is 0 Å². The number of hydrogen-bond acceptors (Lipinski definition) is 7. The molecule has 0 aliphatic carbocycles. The quantitative estimate of drug-likeness (QED) is 0.478. The van der Waals surface area contributed by atoms with Gasteiger partial charge in [-0.3, -0.25) is 9.78 Å². The van der Waals surface area contributed by atoms with Crippen molar-refractivity contribution in [2.24, 2.45) is 7.05 Å². The summed E-state index contributed by atoms with van der Waals surface area (Å²) in [4.78, 5) is 26.5. The van der Waals surface area contributed by atoms with Crippen LogP contribution in [-0.4, -0.2) is 33.7 Å². The molecule has 3 heterocycles. The van der Waals surface area contributed by atoms with Gasteiger partial charge in [0.25, 0.3) is 5.56 Å². The zero-order valence-corrected chi connectivity index (χ0v) is 18.5. The second kappa shape index (κ2) is 9.05. The van der Waals surface area contributed by atoms with E-state index in [0.717, 1.165) is 23.2 Å². The lowest BCUT2D eigenvalue weighted by Gasteiger charge is -2.13. The molecule has 0 atom stereocenters. The maximum Gasteiger partial charge on any atom is 0.264 e. The van der Waals surface area contributed by atoms with Crippen molar-refractivity contribution < 1.29 is 9.47 Å². The van der Waals surface area contributed by atoms with Crippen LogP contribution in [0.3, 0.4) is 0 Å². The topological polar surface area (TPSA) is 91.2 Å². The molecule has 32 heavy (non-hydrogen) atoms. The first kappa shape index (κ1) is 21.3. The zero-order valence-electron chi connectivity index (χ0n) is 18.5. The number of anilines is 1. The SMILES string of the molecule is CCc1cc(CNc2nc(-c3ccc(OC)c(OC)c3)cc3ncn(C)c(=O)c23)ccn1. The van der Waals surface area contributed by atoms with Crippen LogP contribution in [0.5, 0.6) is 11.5 Å². The first-order chi connectivity index (χ1) is 15.5. The summed E-state index contributed by atoms with van der Waals surface area (Å²) in [6, 6.07) is 11.4. The molecule has 8 nitrogen and oxygen atoms in total. The van der Waals surface area contributed by atoms with Gasteiger partial charge in [-0.25, -0.2) is 9.97 Å². The van der Waals surface area contributed by atoms with Crippen molar-refractivity contribution in [1.29, 1.82) is 0 Å². The van der Waals surface area contributed by atoms with Gasteiger partial charge in [0.15, 0.2) is 11.5 Å². The lowest BCUT2D eigenvalue weighted by Crippen LogP contribution is -2.19. The van der Waals surface area contributed by atoms with E-state index in [1.54, 1.807) is 27.5 Å². The Balaban J connectivity index is 1.81. The summed E-state index contributed by atoms with van der Waals surface area (Å²) in [6.07, 6.45) is 4.17. The maximum absolute atomic E-state index is 12.9. The third kappa shape index (κ3) is 4.12. The van der Waals surface area contributed by atoms with Crippen molar-refractivity contribution in [3.63, 3.8) is 0 Å². The number of hydrogen-bond donors (Lipinski definition) is 1. The molecule has 3 aromatic heterocycles. The number of pyridine rings is 2. The van der Waals surface area contributed by atoms with Crippen molar-refractivity contribution >= 4 is 16.7 Å². The fourth-order valence-corrected chi connectivity index (χ4v) is 3.51. The average molecular weight is 431 g/mol. The highest BCUT2D eigenvalue weighted by molar-refractivity contribution is 5.91. The van der Waals surface area contributed by atoms with Crippen molar-refractivity contribution in [1.82, 2.24) is 19.5 Å². The Morgan fingerprint density at radius 3 is 2.59 bits per heavy atom. The highest BCUT2D eigenvalue weighted by Crippen LogP contribution is 2.33. The summed E-state index contributed by atoms with van der Waals surface area (Å²) in [5.41, 5.74) is 3.98. The molecule has 164 valence electrons. The smallest absolute Gasteiger partial charge is 0.264 e. The van der Waals surface area contributed by atoms with Crippen molar-refractivity contribution in [3.05, 3.63) is 70.5 Å². The predicted octanol–water partition coefficient (Wildman–Crippen LogP) is 3.58. The van der Waals surface area contributed by atoms with Crippen LogP contribution in [0.4, 0.5) is 5.82 Å². The fourth-order valence-electron chi connectivity index (χ4n) is 3.51. The standard InChI is InChI=1S/C24H25N5O3/c1-5-17-10-15(8-9-25-17)13-26-23-22-19(27-14-29(2)24(22)30)12-18(28-23)16-6-7-20(31-3)21(11-16)32-4/h6-12,14H,5,13H2,1-4H3,(H,26,28). The van der Waals surface area contributed by atoms with E-state index < -0.39 is 0 Å². The Labute approximate surface area is 185 Å². The number of fused-ring (bicyclic) bond motifs is 1. The van der Waals surface area contributed by atoms with E-state index in [1.165, 1.54) is 10.9 Å². The first-order valence-corrected chi connectivity index (χ1v) is 10.3. The fraction of sp³-hybridized carbons (Fsp3) is 0.250. The van der Waals surface area contributed by atoms with Crippen LogP contribution in [-0.2, 0) is 20.0 Å². The molecule has 0 fully saturated rings. The van der Waals surface area contributed by atoms with Gasteiger partial charge in [-0.2, -0.15) is 0 Å². The summed E-state index contributed by atoms with van der Waals surface area (Å²) in [5.74, 6) is 1.71. The summed E-state index contributed by atoms with van der Waals surface area (Å²) in [5, 5.41) is 3.78. The minimum absolute atomic E-state index is 0.159. The average Bonchev–Trinajstić information content (AvgIpc) is 2.84. The molecule has 8 heteroatoms. The third-order valence-electron chi connectivity index (χ3n) is 5.29. The summed E-state index contributed by atoms with van der Waals surface area (Å²) < 4.78 is 12.2. The van der Waals surface area contributed by atoms with E-state index in [0.29, 0.717) is 40.5 Å². The van der Waals surface area contributed by atoms with Crippen LogP contribution in [0.15, 0.2) is 53.7 Å². The van der Waals surface area contributed by atoms with E-state index in [9.17, 15) is 4.79 Å². The van der Waals surface area contributed by atoms with Gasteiger partial charge in [-0.05, 0) is 48.4 Å². The molecule has 4 aromatic rings. The molecular weight excluding hydrogens is 406 g/mol. The molecule has 1 N–H and O–H groups in total. The lowest BCUT2D eigenvalue weighted by atomic mass is 10.1. The molecule has 0 unspecified atom stereocenters. The lowest BCUT2D eigenvalue weighted by molar-refractivity contribution is 0.355. The van der Waals surface area contributed by atoms with Gasteiger partial charge < -0.3 is 19.4 Å². The minimum Gasteiger partial charge on any atom is -0.493 e. The van der Waals surface area contributed by atoms with Crippen LogP contribution < -0.4 is 20.3 Å². The molecule has 0 aliphatic heterocycles. The zero-order chi connectivity index (χ0) is 22.7. The number of aromatic nitrogens is 4. The second-order valence-corrected chi connectivity index (χ2v) is 7.34. The van der Waals surface area contributed by atoms with Gasteiger partial charge in [-0.15, -0.1) is 0 Å². The van der Waals surface area contributed by atoms with Gasteiger partial charge in [0, 0.05) is 31.0 Å². The number of nitrogens with one attached hydrogen (secondary N) is 1. The number of ether oxygens (including phenoxy) is 2. The maximum atomic E-state index is 12.9. The van der Waals surface area contributed by atoms with Crippen LogP contribution in [0, 0.1) is 0 Å². The van der Waals surface area contributed by atoms with E-state index in [-0.39, 0.29) is 5.56 Å². The Hall–Kier alpha value is -3.94. The molecular formula is C24H25N5O3. The van der Waals surface area contributed by atoms with E-state index in [2.05, 4.69) is 22.2 Å². The monoisotopic (exact) mass is 431 g/mol. The highest BCUT2D eigenvalue weighted by atomic mass is 16.5. The van der Waals surface area contributed by atoms with Gasteiger partial charge in [0.1, 0.15) is 11.2 Å². The number of methoxy groups -OCH3 is 2. The summed E-state index contributed by atoms with van der Waals surface area (Å²) in [6.45, 7) is 2.57. The van der Waals surface area contributed by atoms with Crippen LogP contribution in [0.25, 0.3) is 22.2 Å². The van der Waals surface area contributed by atoms with Gasteiger partial charge in [0.2, 0.25) is 0 Å². The molecule has 0 saturated carbocycles. The minimum atomic E-state index is -0.159. The van der Waals surface area contributed by atoms with Gasteiger partial charge in [-0.1, -0.05) is 6.92 Å². The van der Waals surface area contributed by atoms with E-state index >= 15 is 0 Å². The van der Waals surface area contributed by atoms with Crippen molar-refractivity contribution in [2.45, 2.75) is 19.9 Å². The third-order valence-corrected chi connectivity index (χ3v) is 5.29. The summed E-state index contributed by atoms with van der Waals surface area (Å²) in [7, 11) is 4.86. The number of nitrogens with zero attached hydrogens (tertiary/aromatic N) is 4. The Kier molecular flexibility index (Phi) is 6.02. The molecule has 0 radical (unpaired) electrons. The molecule has 0 saturated heterocycles. The molecule has 0 spiro atoms. The Morgan fingerprint density at radius 2 is 1.84 bits per heavy atom. The van der Waals surface area contributed by atoms with Crippen LogP contribution in [0.1, 0.15) is 18.2 Å². The molecule has 0 bridgehead atoms. The van der Waals surface area contributed by atoms with Crippen molar-refractivity contribution in [2.75, 3.05) is 19.5 Å². The van der Waals surface area contributed by atoms with E-state index in [1.807, 2.05) is 36.4 Å². The molecule has 0 aliphatic rings. The number of aryl methyl sites for hydroxylation is 2. The molecule has 0 amide bonds. The predicted molar refractivity (Wildman–Crippen MR) is 124 cm³/mol. The van der Waals surface area contributed by atoms with Gasteiger partial charge >= 0.3 is 0 Å². The normalized spacial score (nSPS) is 10.9. The van der Waals surface area contributed by atoms with E-state index in [4.69, 9.17) is 14.5 Å².